The molecule has 1 heterocycles. The first kappa shape index (κ1) is 20.1. The summed E-state index contributed by atoms with van der Waals surface area (Å²) in [6, 6.07) is 19.2. The number of anilines is 1. The average Bonchev–Trinajstić information content (AvgIpc) is 2.94. The minimum Gasteiger partial charge on any atom is -0.321 e. The van der Waals surface area contributed by atoms with E-state index >= 15 is 0 Å². The van der Waals surface area contributed by atoms with Gasteiger partial charge in [-0.05, 0) is 74.0 Å². The quantitative estimate of drug-likeness (QED) is 0.345. The van der Waals surface area contributed by atoms with Crippen LogP contribution in [0.25, 0.3) is 11.8 Å². The number of nitrogens with one attached hydrogen (secondary N) is 1. The zero-order valence-electron chi connectivity index (χ0n) is 15.3. The van der Waals surface area contributed by atoms with Crippen LogP contribution >= 0.6 is 31.9 Å². The molecule has 6 heteroatoms. The maximum Gasteiger partial charge on any atom is 0.266 e. The number of halogens is 2. The standard InChI is InChI=1S/C22H17Br2N3O/c1-14-10-16(15(2)27(14)21-8-6-18(23)7-9-21)11-17(13-25)22(28)26-20-5-3-4-19(24)12-20/h3-12H,1-2H3,(H,26,28)/b17-11+. The predicted molar refractivity (Wildman–Crippen MR) is 119 cm³/mol. The van der Waals surface area contributed by atoms with Crippen molar-refractivity contribution in [2.24, 2.45) is 0 Å². The third kappa shape index (κ3) is 4.44. The number of benzene rings is 2. The second kappa shape index (κ2) is 8.59. The van der Waals surface area contributed by atoms with Crippen molar-refractivity contribution in [3.8, 4) is 11.8 Å². The van der Waals surface area contributed by atoms with Crippen molar-refractivity contribution in [3.05, 3.63) is 86.1 Å². The van der Waals surface area contributed by atoms with Crippen molar-refractivity contribution < 1.29 is 4.79 Å². The van der Waals surface area contributed by atoms with Crippen LogP contribution in [-0.2, 0) is 4.79 Å². The van der Waals surface area contributed by atoms with Crippen molar-refractivity contribution in [2.45, 2.75) is 13.8 Å². The molecule has 0 atom stereocenters. The van der Waals surface area contributed by atoms with Gasteiger partial charge in [-0.3, -0.25) is 4.79 Å². The summed E-state index contributed by atoms with van der Waals surface area (Å²) in [5, 5.41) is 12.3. The molecule has 2 aromatic carbocycles. The molecule has 0 unspecified atom stereocenters. The molecule has 0 bridgehead atoms. The molecule has 0 spiro atoms. The highest BCUT2D eigenvalue weighted by molar-refractivity contribution is 9.10. The molecular weight excluding hydrogens is 482 g/mol. The number of aryl methyl sites for hydroxylation is 1. The van der Waals surface area contributed by atoms with E-state index < -0.39 is 5.91 Å². The largest absolute Gasteiger partial charge is 0.321 e. The van der Waals surface area contributed by atoms with E-state index in [1.54, 1.807) is 18.2 Å². The molecule has 0 aliphatic rings. The summed E-state index contributed by atoms with van der Waals surface area (Å²) in [6.07, 6.45) is 1.63. The highest BCUT2D eigenvalue weighted by Gasteiger charge is 2.14. The Morgan fingerprint density at radius 2 is 1.79 bits per heavy atom. The smallest absolute Gasteiger partial charge is 0.266 e. The monoisotopic (exact) mass is 497 g/mol. The van der Waals surface area contributed by atoms with Crippen LogP contribution < -0.4 is 5.32 Å². The number of rotatable bonds is 4. The number of nitrogens with zero attached hydrogens (tertiary/aromatic N) is 2. The maximum absolute atomic E-state index is 12.5. The lowest BCUT2D eigenvalue weighted by Gasteiger charge is -2.10. The van der Waals surface area contributed by atoms with E-state index in [2.05, 4.69) is 41.7 Å². The zero-order chi connectivity index (χ0) is 20.3. The van der Waals surface area contributed by atoms with E-state index in [9.17, 15) is 10.1 Å². The fourth-order valence-electron chi connectivity index (χ4n) is 2.99. The lowest BCUT2D eigenvalue weighted by Crippen LogP contribution is -2.13. The average molecular weight is 499 g/mol. The highest BCUT2D eigenvalue weighted by atomic mass is 79.9. The Morgan fingerprint density at radius 1 is 1.07 bits per heavy atom. The van der Waals surface area contributed by atoms with Gasteiger partial charge in [-0.15, -0.1) is 0 Å². The minimum atomic E-state index is -0.436. The van der Waals surface area contributed by atoms with Crippen molar-refractivity contribution >= 4 is 49.5 Å². The number of hydrogen-bond acceptors (Lipinski definition) is 2. The van der Waals surface area contributed by atoms with Crippen LogP contribution in [0.2, 0.25) is 0 Å². The fourth-order valence-corrected chi connectivity index (χ4v) is 3.65. The van der Waals surface area contributed by atoms with Gasteiger partial charge in [0.15, 0.2) is 0 Å². The van der Waals surface area contributed by atoms with Crippen LogP contribution in [0.5, 0.6) is 0 Å². The summed E-state index contributed by atoms with van der Waals surface area (Å²) in [5.74, 6) is -0.436. The summed E-state index contributed by atoms with van der Waals surface area (Å²) in [4.78, 5) is 12.5. The molecule has 140 valence electrons. The molecule has 3 rings (SSSR count). The lowest BCUT2D eigenvalue weighted by molar-refractivity contribution is -0.112. The second-order valence-electron chi connectivity index (χ2n) is 6.27. The normalized spacial score (nSPS) is 11.2. The summed E-state index contributed by atoms with van der Waals surface area (Å²) >= 11 is 6.82. The van der Waals surface area contributed by atoms with Gasteiger partial charge in [0.25, 0.3) is 5.91 Å². The SMILES string of the molecule is Cc1cc(/C=C(\C#N)C(=O)Nc2cccc(Br)c2)c(C)n1-c1ccc(Br)cc1. The molecule has 0 fully saturated rings. The van der Waals surface area contributed by atoms with E-state index in [1.807, 2.05) is 62.4 Å². The van der Waals surface area contributed by atoms with Gasteiger partial charge in [-0.25, -0.2) is 0 Å². The van der Waals surface area contributed by atoms with Gasteiger partial charge in [-0.2, -0.15) is 5.26 Å². The maximum atomic E-state index is 12.5. The number of carbonyl (C=O) groups is 1. The van der Waals surface area contributed by atoms with Crippen LogP contribution in [0.3, 0.4) is 0 Å². The summed E-state index contributed by atoms with van der Waals surface area (Å²) in [6.45, 7) is 3.97. The van der Waals surface area contributed by atoms with Crippen LogP contribution in [0.4, 0.5) is 5.69 Å². The van der Waals surface area contributed by atoms with Gasteiger partial charge < -0.3 is 9.88 Å². The van der Waals surface area contributed by atoms with Gasteiger partial charge >= 0.3 is 0 Å². The first-order valence-electron chi connectivity index (χ1n) is 8.52. The minimum absolute atomic E-state index is 0.0519. The Balaban J connectivity index is 1.93. The number of aromatic nitrogens is 1. The zero-order valence-corrected chi connectivity index (χ0v) is 18.5. The molecule has 0 aliphatic carbocycles. The van der Waals surface area contributed by atoms with Gasteiger partial charge in [-0.1, -0.05) is 37.9 Å². The Kier molecular flexibility index (Phi) is 6.18. The third-order valence-corrected chi connectivity index (χ3v) is 5.32. The van der Waals surface area contributed by atoms with Crippen LogP contribution in [0.1, 0.15) is 17.0 Å². The fraction of sp³-hybridized carbons (Fsp3) is 0.0909. The lowest BCUT2D eigenvalue weighted by atomic mass is 10.1. The number of hydrogen-bond donors (Lipinski definition) is 1. The summed E-state index contributed by atoms with van der Waals surface area (Å²) < 4.78 is 3.96. The molecular formula is C22H17Br2N3O. The Labute approximate surface area is 180 Å². The highest BCUT2D eigenvalue weighted by Crippen LogP contribution is 2.24. The van der Waals surface area contributed by atoms with E-state index in [0.29, 0.717) is 5.69 Å². The summed E-state index contributed by atoms with van der Waals surface area (Å²) in [7, 11) is 0. The molecule has 3 aromatic rings. The van der Waals surface area contributed by atoms with Gasteiger partial charge in [0.2, 0.25) is 0 Å². The first-order valence-corrected chi connectivity index (χ1v) is 10.1. The molecule has 1 amide bonds. The molecule has 1 N–H and O–H groups in total. The molecule has 0 aliphatic heterocycles. The van der Waals surface area contributed by atoms with E-state index in [-0.39, 0.29) is 5.57 Å². The van der Waals surface area contributed by atoms with E-state index in [0.717, 1.165) is 31.6 Å². The van der Waals surface area contributed by atoms with Crippen LogP contribution in [0, 0.1) is 25.2 Å². The third-order valence-electron chi connectivity index (χ3n) is 4.30. The van der Waals surface area contributed by atoms with Crippen LogP contribution in [0.15, 0.2) is 69.1 Å². The van der Waals surface area contributed by atoms with E-state index in [1.165, 1.54) is 0 Å². The number of nitriles is 1. The van der Waals surface area contributed by atoms with Crippen molar-refractivity contribution in [1.29, 1.82) is 5.26 Å². The predicted octanol–water partition coefficient (Wildman–Crippen LogP) is 6.16. The van der Waals surface area contributed by atoms with Gasteiger partial charge in [0, 0.05) is 31.7 Å². The van der Waals surface area contributed by atoms with Gasteiger partial charge in [0.1, 0.15) is 11.6 Å². The molecule has 4 nitrogen and oxygen atoms in total. The summed E-state index contributed by atoms with van der Waals surface area (Å²) in [5.41, 5.74) is 4.52. The Bertz CT molecular complexity index is 1110. The van der Waals surface area contributed by atoms with Crippen molar-refractivity contribution in [3.63, 3.8) is 0 Å². The molecule has 0 saturated heterocycles. The van der Waals surface area contributed by atoms with Gasteiger partial charge in [0.05, 0.1) is 0 Å². The molecule has 1 aromatic heterocycles. The molecule has 0 radical (unpaired) electrons. The Hall–Kier alpha value is -2.62. The molecule has 28 heavy (non-hydrogen) atoms. The Morgan fingerprint density at radius 3 is 2.43 bits per heavy atom. The first-order chi connectivity index (χ1) is 13.4. The molecule has 0 saturated carbocycles. The number of amides is 1. The van der Waals surface area contributed by atoms with Crippen molar-refractivity contribution in [2.75, 3.05) is 5.32 Å². The van der Waals surface area contributed by atoms with Crippen LogP contribution in [-0.4, -0.2) is 10.5 Å². The second-order valence-corrected chi connectivity index (χ2v) is 8.10. The number of carbonyl (C=O) groups excluding carboxylic acids is 1. The van der Waals surface area contributed by atoms with E-state index in [4.69, 9.17) is 0 Å². The topological polar surface area (TPSA) is 57.8 Å². The van der Waals surface area contributed by atoms with Crippen molar-refractivity contribution in [1.82, 2.24) is 4.57 Å².